The molecule has 1 aliphatic rings. The number of rotatable bonds is 4. The van der Waals surface area contributed by atoms with Gasteiger partial charge in [0.1, 0.15) is 18.1 Å². The minimum atomic E-state index is -0.387. The van der Waals surface area contributed by atoms with E-state index >= 15 is 0 Å². The van der Waals surface area contributed by atoms with E-state index in [1.54, 1.807) is 36.1 Å². The number of hydrogen-bond acceptors (Lipinski definition) is 5. The van der Waals surface area contributed by atoms with Gasteiger partial charge in [0.15, 0.2) is 0 Å². The van der Waals surface area contributed by atoms with Gasteiger partial charge < -0.3 is 20.4 Å². The van der Waals surface area contributed by atoms with Gasteiger partial charge in [0.2, 0.25) is 5.95 Å². The molecule has 3 aromatic rings. The number of aromatic amines is 1. The van der Waals surface area contributed by atoms with E-state index in [0.717, 1.165) is 17.1 Å². The number of nitrogens with zero attached hydrogens (tertiary/aromatic N) is 3. The summed E-state index contributed by atoms with van der Waals surface area (Å²) in [7, 11) is 1.60. The maximum Gasteiger partial charge on any atom is 0.255 e. The molecule has 0 spiro atoms. The van der Waals surface area contributed by atoms with Gasteiger partial charge in [-0.25, -0.2) is 4.68 Å². The lowest BCUT2D eigenvalue weighted by Crippen LogP contribution is -2.31. The highest BCUT2D eigenvalue weighted by atomic mass is 16.5. The van der Waals surface area contributed by atoms with Crippen molar-refractivity contribution in [3.8, 4) is 5.75 Å². The van der Waals surface area contributed by atoms with Gasteiger partial charge in [0.25, 0.3) is 5.91 Å². The number of carbonyl (C=O) groups excluding carboxylic acids is 1. The average molecular weight is 350 g/mol. The zero-order chi connectivity index (χ0) is 18.1. The van der Waals surface area contributed by atoms with E-state index in [4.69, 9.17) is 4.74 Å². The van der Waals surface area contributed by atoms with Crippen LogP contribution in [0.15, 0.2) is 60.2 Å². The van der Waals surface area contributed by atoms with Crippen LogP contribution in [0.25, 0.3) is 0 Å². The first-order valence-electron chi connectivity index (χ1n) is 8.13. The molecule has 132 valence electrons. The number of fused-ring (bicyclic) bond motifs is 1. The van der Waals surface area contributed by atoms with Crippen molar-refractivity contribution in [2.24, 2.45) is 0 Å². The molecule has 0 bridgehead atoms. The van der Waals surface area contributed by atoms with Gasteiger partial charge in [-0.2, -0.15) is 10.1 Å². The first-order chi connectivity index (χ1) is 12.7. The van der Waals surface area contributed by atoms with E-state index < -0.39 is 0 Å². The van der Waals surface area contributed by atoms with Crippen LogP contribution < -0.4 is 15.4 Å². The summed E-state index contributed by atoms with van der Waals surface area (Å²) in [5.74, 6) is 1.12. The largest absolute Gasteiger partial charge is 0.497 e. The Kier molecular flexibility index (Phi) is 3.92. The molecule has 8 heteroatoms. The van der Waals surface area contributed by atoms with Gasteiger partial charge in [-0.15, -0.1) is 0 Å². The summed E-state index contributed by atoms with van der Waals surface area (Å²) in [4.78, 5) is 20.4. The molecule has 0 aliphatic carbocycles. The number of H-pyrrole nitrogens is 1. The predicted octanol–water partition coefficient (Wildman–Crippen LogP) is 2.54. The maximum absolute atomic E-state index is 13.1. The van der Waals surface area contributed by atoms with E-state index in [-0.39, 0.29) is 11.9 Å². The number of nitrogens with one attached hydrogen (secondary N) is 3. The molecule has 0 unspecified atom stereocenters. The number of carbonyl (C=O) groups is 1. The molecule has 0 saturated heterocycles. The molecular formula is C18H18N6O2. The minimum absolute atomic E-state index is 0.207. The number of amides is 1. The summed E-state index contributed by atoms with van der Waals surface area (Å²) >= 11 is 0. The van der Waals surface area contributed by atoms with Crippen LogP contribution in [0.2, 0.25) is 0 Å². The van der Waals surface area contributed by atoms with Gasteiger partial charge in [-0.05, 0) is 43.3 Å². The lowest BCUT2D eigenvalue weighted by Gasteiger charge is -2.27. The Morgan fingerprint density at radius 3 is 2.77 bits per heavy atom. The molecule has 26 heavy (non-hydrogen) atoms. The molecule has 1 aliphatic heterocycles. The number of methoxy groups -OCH3 is 1. The van der Waals surface area contributed by atoms with Crippen molar-refractivity contribution in [1.29, 1.82) is 0 Å². The molecule has 0 fully saturated rings. The normalized spacial score (nSPS) is 16.0. The Hall–Kier alpha value is -3.55. The SMILES string of the molecule is COc1ccc(NC(=O)C2=C(C)Nc3ncnn3[C@H]2c2ccc[nH]2)cc1. The van der Waals surface area contributed by atoms with Crippen LogP contribution in [-0.4, -0.2) is 32.8 Å². The van der Waals surface area contributed by atoms with Crippen LogP contribution in [0, 0.1) is 0 Å². The highest BCUT2D eigenvalue weighted by molar-refractivity contribution is 6.05. The zero-order valence-electron chi connectivity index (χ0n) is 14.4. The van der Waals surface area contributed by atoms with Crippen LogP contribution in [0.1, 0.15) is 18.7 Å². The predicted molar refractivity (Wildman–Crippen MR) is 96.9 cm³/mol. The minimum Gasteiger partial charge on any atom is -0.497 e. The Bertz CT molecular complexity index is 956. The second-order valence-electron chi connectivity index (χ2n) is 5.90. The first-order valence-corrected chi connectivity index (χ1v) is 8.13. The van der Waals surface area contributed by atoms with Crippen LogP contribution >= 0.6 is 0 Å². The molecular weight excluding hydrogens is 332 g/mol. The van der Waals surface area contributed by atoms with Crippen LogP contribution in [0.4, 0.5) is 11.6 Å². The fourth-order valence-corrected chi connectivity index (χ4v) is 3.06. The summed E-state index contributed by atoms with van der Waals surface area (Å²) < 4.78 is 6.85. The summed E-state index contributed by atoms with van der Waals surface area (Å²) in [6, 6.07) is 10.6. The van der Waals surface area contributed by atoms with Gasteiger partial charge in [0, 0.05) is 23.3 Å². The number of benzene rings is 1. The van der Waals surface area contributed by atoms with Gasteiger partial charge in [0.05, 0.1) is 12.7 Å². The lowest BCUT2D eigenvalue weighted by atomic mass is 9.99. The number of aromatic nitrogens is 4. The van der Waals surface area contributed by atoms with Gasteiger partial charge in [-0.3, -0.25) is 4.79 Å². The molecule has 3 N–H and O–H groups in total. The van der Waals surface area contributed by atoms with Crippen LogP contribution in [-0.2, 0) is 4.79 Å². The first kappa shape index (κ1) is 15.9. The van der Waals surface area contributed by atoms with Crippen molar-refractivity contribution in [2.75, 3.05) is 17.7 Å². The molecule has 4 rings (SSSR count). The molecule has 3 heterocycles. The van der Waals surface area contributed by atoms with Gasteiger partial charge >= 0.3 is 0 Å². The smallest absolute Gasteiger partial charge is 0.255 e. The Labute approximate surface area is 149 Å². The molecule has 1 aromatic carbocycles. The van der Waals surface area contributed by atoms with Crippen LogP contribution in [0.5, 0.6) is 5.75 Å². The third kappa shape index (κ3) is 2.71. The Morgan fingerprint density at radius 1 is 1.27 bits per heavy atom. The highest BCUT2D eigenvalue weighted by Gasteiger charge is 2.33. The quantitative estimate of drug-likeness (QED) is 0.672. The fourth-order valence-electron chi connectivity index (χ4n) is 3.06. The summed E-state index contributed by atoms with van der Waals surface area (Å²) in [5.41, 5.74) is 2.85. The third-order valence-electron chi connectivity index (χ3n) is 4.30. The standard InChI is InChI=1S/C18H18N6O2/c1-11-15(17(25)23-12-5-7-13(26-2)8-6-12)16(14-4-3-9-19-14)24-18(22-11)20-10-21-24/h3-10,16,19H,1-2H3,(H,23,25)(H,20,21,22)/t16-/m0/s1. The average Bonchev–Trinajstić information content (AvgIpc) is 3.32. The molecule has 8 nitrogen and oxygen atoms in total. The van der Waals surface area contributed by atoms with E-state index in [1.165, 1.54) is 6.33 Å². The van der Waals surface area contributed by atoms with E-state index in [9.17, 15) is 4.79 Å². The second kappa shape index (κ2) is 6.40. The van der Waals surface area contributed by atoms with Gasteiger partial charge in [-0.1, -0.05) is 0 Å². The summed E-state index contributed by atoms with van der Waals surface area (Å²) in [6.45, 7) is 1.86. The van der Waals surface area contributed by atoms with Crippen molar-refractivity contribution in [3.05, 3.63) is 65.9 Å². The van der Waals surface area contributed by atoms with Crippen molar-refractivity contribution >= 4 is 17.5 Å². The monoisotopic (exact) mass is 350 g/mol. The summed E-state index contributed by atoms with van der Waals surface area (Å²) in [6.07, 6.45) is 3.29. The number of hydrogen-bond donors (Lipinski definition) is 3. The summed E-state index contributed by atoms with van der Waals surface area (Å²) in [5, 5.41) is 10.4. The molecule has 2 aromatic heterocycles. The van der Waals surface area contributed by atoms with Crippen LogP contribution in [0.3, 0.4) is 0 Å². The van der Waals surface area contributed by atoms with Crippen molar-refractivity contribution in [1.82, 2.24) is 19.7 Å². The fraction of sp³-hybridized carbons (Fsp3) is 0.167. The highest BCUT2D eigenvalue weighted by Crippen LogP contribution is 2.34. The Morgan fingerprint density at radius 2 is 2.08 bits per heavy atom. The van der Waals surface area contributed by atoms with Crippen molar-refractivity contribution in [2.45, 2.75) is 13.0 Å². The molecule has 1 amide bonds. The molecule has 0 radical (unpaired) electrons. The number of anilines is 2. The molecule has 0 saturated carbocycles. The maximum atomic E-state index is 13.1. The number of allylic oxidation sites excluding steroid dienone is 1. The zero-order valence-corrected chi connectivity index (χ0v) is 14.4. The van der Waals surface area contributed by atoms with E-state index in [1.807, 2.05) is 25.3 Å². The van der Waals surface area contributed by atoms with Crippen molar-refractivity contribution in [3.63, 3.8) is 0 Å². The lowest BCUT2D eigenvalue weighted by molar-refractivity contribution is -0.113. The van der Waals surface area contributed by atoms with Crippen molar-refractivity contribution < 1.29 is 9.53 Å². The molecule has 1 atom stereocenters. The second-order valence-corrected chi connectivity index (χ2v) is 5.90. The number of ether oxygens (including phenoxy) is 1. The third-order valence-corrected chi connectivity index (χ3v) is 4.30. The topological polar surface area (TPSA) is 96.9 Å². The Balaban J connectivity index is 1.69. The van der Waals surface area contributed by atoms with E-state index in [2.05, 4.69) is 25.7 Å². The van der Waals surface area contributed by atoms with E-state index in [0.29, 0.717) is 17.2 Å².